The fourth-order valence-electron chi connectivity index (χ4n) is 2.33. The van der Waals surface area contributed by atoms with Crippen LogP contribution in [0.5, 0.6) is 0 Å². The summed E-state index contributed by atoms with van der Waals surface area (Å²) in [5.41, 5.74) is 7.47. The highest BCUT2D eigenvalue weighted by atomic mass is 16.2. The first kappa shape index (κ1) is 11.9. The Bertz CT molecular complexity index is 562. The van der Waals surface area contributed by atoms with E-state index in [0.717, 1.165) is 18.7 Å². The molecule has 1 aliphatic heterocycles. The van der Waals surface area contributed by atoms with Gasteiger partial charge < -0.3 is 10.6 Å². The van der Waals surface area contributed by atoms with Crippen LogP contribution in [-0.2, 0) is 0 Å². The summed E-state index contributed by atoms with van der Waals surface area (Å²) in [6.07, 6.45) is 4.48. The van der Waals surface area contributed by atoms with Gasteiger partial charge in [0.15, 0.2) is 0 Å². The predicted octanol–water partition coefficient (Wildman–Crippen LogP) is 1.05. The zero-order valence-corrected chi connectivity index (χ0v) is 10.6. The Morgan fingerprint density at radius 1 is 1.32 bits per heavy atom. The molecule has 2 heterocycles. The van der Waals surface area contributed by atoms with E-state index in [2.05, 4.69) is 5.10 Å². The highest BCUT2D eigenvalue weighted by Gasteiger charge is 2.24. The van der Waals surface area contributed by atoms with Gasteiger partial charge in [-0.3, -0.25) is 4.79 Å². The van der Waals surface area contributed by atoms with Crippen molar-refractivity contribution >= 4 is 5.91 Å². The topological polar surface area (TPSA) is 64.2 Å². The molecule has 1 aromatic carbocycles. The molecule has 2 aromatic rings. The van der Waals surface area contributed by atoms with E-state index in [1.807, 2.05) is 41.4 Å². The fraction of sp³-hybridized carbons (Fsp3) is 0.286. The molecule has 19 heavy (non-hydrogen) atoms. The minimum Gasteiger partial charge on any atom is -0.337 e. The molecule has 1 atom stereocenters. The van der Waals surface area contributed by atoms with Gasteiger partial charge in [-0.15, -0.1) is 0 Å². The summed E-state index contributed by atoms with van der Waals surface area (Å²) < 4.78 is 1.76. The molecule has 0 radical (unpaired) electrons. The summed E-state index contributed by atoms with van der Waals surface area (Å²) >= 11 is 0. The van der Waals surface area contributed by atoms with Crippen molar-refractivity contribution in [2.75, 3.05) is 13.1 Å². The lowest BCUT2D eigenvalue weighted by atomic mass is 10.2. The van der Waals surface area contributed by atoms with Gasteiger partial charge >= 0.3 is 0 Å². The third kappa shape index (κ3) is 2.37. The van der Waals surface area contributed by atoms with Crippen LogP contribution >= 0.6 is 0 Å². The van der Waals surface area contributed by atoms with E-state index in [-0.39, 0.29) is 11.9 Å². The van der Waals surface area contributed by atoms with Crippen molar-refractivity contribution in [2.45, 2.75) is 12.5 Å². The molecule has 1 amide bonds. The maximum atomic E-state index is 12.2. The van der Waals surface area contributed by atoms with Crippen molar-refractivity contribution in [3.63, 3.8) is 0 Å². The number of hydrogen-bond donors (Lipinski definition) is 1. The lowest BCUT2D eigenvalue weighted by molar-refractivity contribution is 0.0791. The highest BCUT2D eigenvalue weighted by molar-refractivity contribution is 5.94. The first-order chi connectivity index (χ1) is 9.24. The molecule has 1 aliphatic rings. The van der Waals surface area contributed by atoms with Gasteiger partial charge in [0.1, 0.15) is 0 Å². The van der Waals surface area contributed by atoms with Crippen LogP contribution < -0.4 is 5.73 Å². The second-order valence-electron chi connectivity index (χ2n) is 4.80. The molecule has 1 aromatic heterocycles. The Morgan fingerprint density at radius 2 is 2.11 bits per heavy atom. The Labute approximate surface area is 111 Å². The van der Waals surface area contributed by atoms with Crippen molar-refractivity contribution in [3.8, 4) is 5.69 Å². The molecule has 0 saturated carbocycles. The second kappa shape index (κ2) is 4.85. The van der Waals surface area contributed by atoms with Gasteiger partial charge in [0.05, 0.1) is 5.69 Å². The number of carbonyl (C=O) groups is 1. The summed E-state index contributed by atoms with van der Waals surface area (Å²) in [7, 11) is 0. The summed E-state index contributed by atoms with van der Waals surface area (Å²) in [6, 6.07) is 9.45. The largest absolute Gasteiger partial charge is 0.337 e. The zero-order valence-electron chi connectivity index (χ0n) is 10.6. The van der Waals surface area contributed by atoms with Crippen LogP contribution in [0.3, 0.4) is 0 Å². The Balaban J connectivity index is 1.77. The van der Waals surface area contributed by atoms with Crippen LogP contribution in [0, 0.1) is 0 Å². The molecule has 2 N–H and O–H groups in total. The lowest BCUT2D eigenvalue weighted by Crippen LogP contribution is -2.31. The zero-order chi connectivity index (χ0) is 13.2. The Kier molecular flexibility index (Phi) is 3.05. The molecule has 5 heteroatoms. The van der Waals surface area contributed by atoms with E-state index in [9.17, 15) is 4.79 Å². The number of benzene rings is 1. The molecule has 5 nitrogen and oxygen atoms in total. The molecule has 98 valence electrons. The number of amides is 1. The number of carbonyl (C=O) groups excluding carboxylic acids is 1. The third-order valence-electron chi connectivity index (χ3n) is 3.40. The van der Waals surface area contributed by atoms with Gasteiger partial charge in [-0.2, -0.15) is 5.10 Å². The van der Waals surface area contributed by atoms with E-state index in [0.29, 0.717) is 12.1 Å². The van der Waals surface area contributed by atoms with Crippen LogP contribution in [0.1, 0.15) is 16.8 Å². The van der Waals surface area contributed by atoms with Crippen LogP contribution in [-0.4, -0.2) is 39.7 Å². The van der Waals surface area contributed by atoms with Crippen LogP contribution in [0.4, 0.5) is 0 Å². The van der Waals surface area contributed by atoms with Gasteiger partial charge in [-0.25, -0.2) is 4.68 Å². The van der Waals surface area contributed by atoms with Crippen LogP contribution in [0.2, 0.25) is 0 Å². The maximum Gasteiger partial charge on any atom is 0.253 e. The van der Waals surface area contributed by atoms with Crippen molar-refractivity contribution in [1.82, 2.24) is 14.7 Å². The Morgan fingerprint density at radius 3 is 2.68 bits per heavy atom. The average molecular weight is 256 g/mol. The average Bonchev–Trinajstić information content (AvgIpc) is 3.09. The lowest BCUT2D eigenvalue weighted by Gasteiger charge is -2.15. The molecule has 0 spiro atoms. The summed E-state index contributed by atoms with van der Waals surface area (Å²) in [5, 5.41) is 4.15. The highest BCUT2D eigenvalue weighted by Crippen LogP contribution is 2.14. The van der Waals surface area contributed by atoms with Crippen LogP contribution in [0.25, 0.3) is 5.69 Å². The number of hydrogen-bond acceptors (Lipinski definition) is 3. The SMILES string of the molecule is N[C@@H]1CCN(C(=O)c2ccc(-n3cccn3)cc2)C1. The van der Waals surface area contributed by atoms with Gasteiger partial charge in [0, 0.05) is 37.1 Å². The summed E-state index contributed by atoms with van der Waals surface area (Å²) in [4.78, 5) is 14.1. The molecule has 1 saturated heterocycles. The number of rotatable bonds is 2. The molecule has 3 rings (SSSR count). The van der Waals surface area contributed by atoms with Gasteiger partial charge in [0.25, 0.3) is 5.91 Å². The quantitative estimate of drug-likeness (QED) is 0.873. The van der Waals surface area contributed by atoms with Gasteiger partial charge in [-0.05, 0) is 36.8 Å². The molecule has 0 aliphatic carbocycles. The van der Waals surface area contributed by atoms with Crippen molar-refractivity contribution in [1.29, 1.82) is 0 Å². The molecular weight excluding hydrogens is 240 g/mol. The summed E-state index contributed by atoms with van der Waals surface area (Å²) in [5.74, 6) is 0.0555. The molecule has 0 unspecified atom stereocenters. The third-order valence-corrected chi connectivity index (χ3v) is 3.40. The Hall–Kier alpha value is -2.14. The number of likely N-dealkylation sites (tertiary alicyclic amines) is 1. The maximum absolute atomic E-state index is 12.2. The van der Waals surface area contributed by atoms with E-state index >= 15 is 0 Å². The standard InChI is InChI=1S/C14H16N4O/c15-12-6-9-17(10-12)14(19)11-2-4-13(5-3-11)18-8-1-7-16-18/h1-5,7-8,12H,6,9-10,15H2/t12-/m1/s1. The molecular formula is C14H16N4O. The minimum absolute atomic E-state index is 0.0555. The fourth-order valence-corrected chi connectivity index (χ4v) is 2.33. The number of nitrogens with two attached hydrogens (primary N) is 1. The molecule has 1 fully saturated rings. The second-order valence-corrected chi connectivity index (χ2v) is 4.80. The number of nitrogens with zero attached hydrogens (tertiary/aromatic N) is 3. The first-order valence-corrected chi connectivity index (χ1v) is 6.39. The normalized spacial score (nSPS) is 18.8. The van der Waals surface area contributed by atoms with E-state index in [4.69, 9.17) is 5.73 Å². The van der Waals surface area contributed by atoms with Crippen molar-refractivity contribution < 1.29 is 4.79 Å². The van der Waals surface area contributed by atoms with Gasteiger partial charge in [0.2, 0.25) is 0 Å². The predicted molar refractivity (Wildman–Crippen MR) is 72.1 cm³/mol. The first-order valence-electron chi connectivity index (χ1n) is 6.39. The number of aromatic nitrogens is 2. The molecule has 0 bridgehead atoms. The van der Waals surface area contributed by atoms with E-state index in [1.54, 1.807) is 10.9 Å². The van der Waals surface area contributed by atoms with Crippen LogP contribution in [0.15, 0.2) is 42.7 Å². The monoisotopic (exact) mass is 256 g/mol. The van der Waals surface area contributed by atoms with Crippen molar-refractivity contribution in [3.05, 3.63) is 48.3 Å². The summed E-state index contributed by atoms with van der Waals surface area (Å²) in [6.45, 7) is 1.40. The minimum atomic E-state index is 0.0555. The smallest absolute Gasteiger partial charge is 0.253 e. The van der Waals surface area contributed by atoms with E-state index in [1.165, 1.54) is 0 Å². The van der Waals surface area contributed by atoms with Gasteiger partial charge in [-0.1, -0.05) is 0 Å². The van der Waals surface area contributed by atoms with Crippen molar-refractivity contribution in [2.24, 2.45) is 5.73 Å². The van der Waals surface area contributed by atoms with E-state index < -0.39 is 0 Å².